The molecule has 4 nitrogen and oxygen atoms in total. The van der Waals surface area contributed by atoms with Crippen molar-refractivity contribution in [2.75, 3.05) is 0 Å². The molecule has 24 heavy (non-hydrogen) atoms. The van der Waals surface area contributed by atoms with Crippen molar-refractivity contribution in [3.63, 3.8) is 0 Å². The number of hydrogen-bond acceptors (Lipinski definition) is 3. The zero-order chi connectivity index (χ0) is 16.6. The average molecular weight is 343 g/mol. The number of rotatable bonds is 4. The zero-order valence-corrected chi connectivity index (χ0v) is 14.1. The second kappa shape index (κ2) is 6.11. The van der Waals surface area contributed by atoms with Gasteiger partial charge in [0.25, 0.3) is 0 Å². The molecule has 0 saturated heterocycles. The van der Waals surface area contributed by atoms with Crippen LogP contribution < -0.4 is 11.1 Å². The predicted octanol–water partition coefficient (Wildman–Crippen LogP) is 4.26. The summed E-state index contributed by atoms with van der Waals surface area (Å²) in [6, 6.07) is 15.5. The number of oxazole rings is 1. The number of nitrogens with one attached hydrogen (secondary N) is 1. The first-order valence-electron chi connectivity index (χ1n) is 8.27. The highest BCUT2D eigenvalue weighted by Crippen LogP contribution is 2.39. The molecule has 4 rings (SSSR count). The molecule has 0 aliphatic heterocycles. The third kappa shape index (κ3) is 2.66. The summed E-state index contributed by atoms with van der Waals surface area (Å²) in [7, 11) is 0. The van der Waals surface area contributed by atoms with Crippen molar-refractivity contribution < 1.29 is 4.42 Å². The Bertz CT molecular complexity index is 905. The molecule has 0 amide bonds. The van der Waals surface area contributed by atoms with Crippen molar-refractivity contribution in [2.24, 2.45) is 0 Å². The normalized spacial score (nSPS) is 16.7. The lowest BCUT2D eigenvalue weighted by Gasteiger charge is -2.31. The fourth-order valence-corrected chi connectivity index (χ4v) is 3.84. The Hall–Kier alpha value is -2.04. The number of aromatic nitrogens is 1. The van der Waals surface area contributed by atoms with E-state index < -0.39 is 0 Å². The highest BCUT2D eigenvalue weighted by atomic mass is 35.5. The van der Waals surface area contributed by atoms with Crippen LogP contribution in [0.3, 0.4) is 0 Å². The van der Waals surface area contributed by atoms with Gasteiger partial charge in [-0.2, -0.15) is 0 Å². The van der Waals surface area contributed by atoms with Gasteiger partial charge >= 0.3 is 5.76 Å². The Balaban J connectivity index is 1.65. The summed E-state index contributed by atoms with van der Waals surface area (Å²) in [4.78, 5) is 12.2. The molecule has 0 spiro atoms. The van der Waals surface area contributed by atoms with E-state index in [0.717, 1.165) is 23.4 Å². The second-order valence-corrected chi connectivity index (χ2v) is 6.83. The monoisotopic (exact) mass is 342 g/mol. The van der Waals surface area contributed by atoms with Crippen molar-refractivity contribution in [3.05, 3.63) is 69.7 Å². The molecule has 5 heteroatoms. The molecule has 0 atom stereocenters. The van der Waals surface area contributed by atoms with E-state index >= 15 is 0 Å². The van der Waals surface area contributed by atoms with Gasteiger partial charge in [-0.25, -0.2) is 4.79 Å². The number of para-hydroxylation sites is 2. The van der Waals surface area contributed by atoms with Crippen molar-refractivity contribution in [3.8, 4) is 0 Å². The first-order chi connectivity index (χ1) is 11.7. The Kier molecular flexibility index (Phi) is 3.94. The number of benzene rings is 2. The lowest BCUT2D eigenvalue weighted by molar-refractivity contribution is 0.303. The van der Waals surface area contributed by atoms with Gasteiger partial charge in [0.1, 0.15) is 0 Å². The van der Waals surface area contributed by atoms with Gasteiger partial charge < -0.3 is 4.42 Å². The van der Waals surface area contributed by atoms with Gasteiger partial charge in [-0.1, -0.05) is 48.7 Å². The van der Waals surface area contributed by atoms with Crippen LogP contribution in [0.5, 0.6) is 0 Å². The standard InChI is InChI=1S/C19H19ClN2O2/c20-15-9-7-14(8-10-15)19(11-3-4-12-19)21-13-22-16-5-1-2-6-17(16)24-18(22)23/h1-2,5-10,21H,3-4,11-13H2. The van der Waals surface area contributed by atoms with Gasteiger partial charge in [-0.3, -0.25) is 9.88 Å². The van der Waals surface area contributed by atoms with Crippen LogP contribution in [-0.2, 0) is 12.2 Å². The van der Waals surface area contributed by atoms with E-state index in [4.69, 9.17) is 16.0 Å². The molecule has 1 saturated carbocycles. The first-order valence-corrected chi connectivity index (χ1v) is 8.65. The molecule has 0 unspecified atom stereocenters. The number of nitrogens with zero attached hydrogens (tertiary/aromatic N) is 1. The van der Waals surface area contributed by atoms with Gasteiger partial charge in [0.15, 0.2) is 5.58 Å². The van der Waals surface area contributed by atoms with Crippen molar-refractivity contribution in [1.82, 2.24) is 9.88 Å². The summed E-state index contributed by atoms with van der Waals surface area (Å²) in [5.74, 6) is -0.326. The van der Waals surface area contributed by atoms with Gasteiger partial charge in [-0.05, 0) is 42.7 Å². The van der Waals surface area contributed by atoms with E-state index in [1.807, 2.05) is 36.4 Å². The molecule has 0 bridgehead atoms. The molecular formula is C19H19ClN2O2. The summed E-state index contributed by atoms with van der Waals surface area (Å²) < 4.78 is 6.98. The summed E-state index contributed by atoms with van der Waals surface area (Å²) in [5.41, 5.74) is 2.56. The Morgan fingerprint density at radius 2 is 1.79 bits per heavy atom. The number of hydrogen-bond donors (Lipinski definition) is 1. The van der Waals surface area contributed by atoms with Crippen molar-refractivity contribution >= 4 is 22.7 Å². The van der Waals surface area contributed by atoms with Gasteiger partial charge in [-0.15, -0.1) is 0 Å². The lowest BCUT2D eigenvalue weighted by Crippen LogP contribution is -2.42. The van der Waals surface area contributed by atoms with Crippen LogP contribution >= 0.6 is 11.6 Å². The molecule has 1 N–H and O–H groups in total. The average Bonchev–Trinajstić information content (AvgIpc) is 3.18. The van der Waals surface area contributed by atoms with Gasteiger partial charge in [0.2, 0.25) is 0 Å². The third-order valence-corrected chi connectivity index (χ3v) is 5.26. The van der Waals surface area contributed by atoms with Gasteiger partial charge in [0.05, 0.1) is 12.2 Å². The maximum Gasteiger partial charge on any atom is 0.421 e. The topological polar surface area (TPSA) is 47.2 Å². The molecule has 3 aromatic rings. The minimum absolute atomic E-state index is 0.109. The molecule has 1 aliphatic carbocycles. The molecular weight excluding hydrogens is 324 g/mol. The lowest BCUT2D eigenvalue weighted by atomic mass is 9.88. The zero-order valence-electron chi connectivity index (χ0n) is 13.3. The Morgan fingerprint density at radius 3 is 2.54 bits per heavy atom. The Morgan fingerprint density at radius 1 is 1.08 bits per heavy atom. The van der Waals surface area contributed by atoms with Crippen molar-refractivity contribution in [1.29, 1.82) is 0 Å². The van der Waals surface area contributed by atoms with Crippen LogP contribution in [0.15, 0.2) is 57.7 Å². The highest BCUT2D eigenvalue weighted by Gasteiger charge is 2.35. The maximum atomic E-state index is 12.2. The van der Waals surface area contributed by atoms with Gasteiger partial charge in [0, 0.05) is 10.6 Å². The summed E-state index contributed by atoms with van der Waals surface area (Å²) in [6.45, 7) is 0.429. The first kappa shape index (κ1) is 15.5. The van der Waals surface area contributed by atoms with Crippen LogP contribution in [0, 0.1) is 0 Å². The summed E-state index contributed by atoms with van der Waals surface area (Å²) in [6.07, 6.45) is 4.46. The van der Waals surface area contributed by atoms with E-state index in [2.05, 4.69) is 17.4 Å². The summed E-state index contributed by atoms with van der Waals surface area (Å²) >= 11 is 6.03. The van der Waals surface area contributed by atoms with E-state index in [9.17, 15) is 4.79 Å². The largest absolute Gasteiger partial charge is 0.421 e. The number of fused-ring (bicyclic) bond motifs is 1. The van der Waals surface area contributed by atoms with E-state index in [1.54, 1.807) is 4.57 Å². The van der Waals surface area contributed by atoms with Crippen LogP contribution in [-0.4, -0.2) is 4.57 Å². The van der Waals surface area contributed by atoms with Crippen LogP contribution in [0.2, 0.25) is 5.02 Å². The SMILES string of the molecule is O=c1oc2ccccc2n1CNC1(c2ccc(Cl)cc2)CCCC1. The molecule has 1 aliphatic rings. The van der Waals surface area contributed by atoms with Crippen LogP contribution in [0.4, 0.5) is 0 Å². The second-order valence-electron chi connectivity index (χ2n) is 6.39. The molecule has 2 aromatic carbocycles. The van der Waals surface area contributed by atoms with E-state index in [0.29, 0.717) is 12.3 Å². The van der Waals surface area contributed by atoms with E-state index in [-0.39, 0.29) is 11.3 Å². The molecule has 0 radical (unpaired) electrons. The highest BCUT2D eigenvalue weighted by molar-refractivity contribution is 6.30. The maximum absolute atomic E-state index is 12.2. The smallest absolute Gasteiger partial charge is 0.408 e. The Labute approximate surface area is 145 Å². The fourth-order valence-electron chi connectivity index (χ4n) is 3.71. The molecule has 1 aromatic heterocycles. The van der Waals surface area contributed by atoms with Crippen LogP contribution in [0.1, 0.15) is 31.2 Å². The molecule has 124 valence electrons. The van der Waals surface area contributed by atoms with Crippen molar-refractivity contribution in [2.45, 2.75) is 37.9 Å². The van der Waals surface area contributed by atoms with Crippen LogP contribution in [0.25, 0.3) is 11.1 Å². The minimum atomic E-state index is -0.326. The van der Waals surface area contributed by atoms with E-state index in [1.165, 1.54) is 18.4 Å². The fraction of sp³-hybridized carbons (Fsp3) is 0.316. The minimum Gasteiger partial charge on any atom is -0.408 e. The number of halogens is 1. The predicted molar refractivity (Wildman–Crippen MR) is 95.2 cm³/mol. The third-order valence-electron chi connectivity index (χ3n) is 5.00. The molecule has 1 fully saturated rings. The molecule has 1 heterocycles. The summed E-state index contributed by atoms with van der Waals surface area (Å²) in [5, 5.41) is 4.37. The quantitative estimate of drug-likeness (QED) is 0.770.